The van der Waals surface area contributed by atoms with Crippen LogP contribution in [0.5, 0.6) is 0 Å². The molecule has 2 amide bonds. The van der Waals surface area contributed by atoms with Crippen LogP contribution in [0.2, 0.25) is 0 Å². The summed E-state index contributed by atoms with van der Waals surface area (Å²) in [5, 5.41) is 4.28. The zero-order chi connectivity index (χ0) is 20.1. The van der Waals surface area contributed by atoms with Gasteiger partial charge in [-0.25, -0.2) is 0 Å². The molecular formula is C24H27N3O2. The van der Waals surface area contributed by atoms with Crippen molar-refractivity contribution in [1.82, 2.24) is 14.8 Å². The van der Waals surface area contributed by atoms with Gasteiger partial charge in [0.2, 0.25) is 5.91 Å². The van der Waals surface area contributed by atoms with Crippen LogP contribution in [-0.4, -0.2) is 40.4 Å². The number of aromatic nitrogens is 1. The summed E-state index contributed by atoms with van der Waals surface area (Å²) in [6.07, 6.45) is 5.60. The molecule has 0 aliphatic carbocycles. The quantitative estimate of drug-likeness (QED) is 0.651. The maximum atomic E-state index is 12.9. The molecule has 1 aliphatic rings. The zero-order valence-electron chi connectivity index (χ0n) is 16.6. The van der Waals surface area contributed by atoms with Gasteiger partial charge in [-0.15, -0.1) is 0 Å². The molecule has 0 unspecified atom stereocenters. The number of hydrogen-bond donors (Lipinski definition) is 1. The number of hydrogen-bond acceptors (Lipinski definition) is 2. The maximum absolute atomic E-state index is 12.9. The van der Waals surface area contributed by atoms with Gasteiger partial charge in [0, 0.05) is 36.9 Å². The lowest BCUT2D eigenvalue weighted by Gasteiger charge is -2.34. The average Bonchev–Trinajstić information content (AvgIpc) is 3.20. The second-order valence-corrected chi connectivity index (χ2v) is 7.59. The van der Waals surface area contributed by atoms with Gasteiger partial charge in [-0.2, -0.15) is 0 Å². The smallest absolute Gasteiger partial charge is 0.254 e. The summed E-state index contributed by atoms with van der Waals surface area (Å²) in [5.74, 6) is -0.0874. The zero-order valence-corrected chi connectivity index (χ0v) is 16.6. The van der Waals surface area contributed by atoms with Crippen molar-refractivity contribution in [2.24, 2.45) is 0 Å². The van der Waals surface area contributed by atoms with Gasteiger partial charge < -0.3 is 14.8 Å². The fourth-order valence-corrected chi connectivity index (χ4v) is 4.11. The molecule has 0 spiro atoms. The molecule has 4 rings (SSSR count). The molecule has 0 bridgehead atoms. The molecule has 0 radical (unpaired) electrons. The molecule has 150 valence electrons. The lowest BCUT2D eigenvalue weighted by molar-refractivity contribution is -0.126. The van der Waals surface area contributed by atoms with Gasteiger partial charge >= 0.3 is 0 Å². The number of likely N-dealkylation sites (tertiary alicyclic amines) is 1. The fraction of sp³-hybridized carbons (Fsp3) is 0.333. The van der Waals surface area contributed by atoms with Gasteiger partial charge in [-0.05, 0) is 55.3 Å². The Morgan fingerprint density at radius 1 is 0.966 bits per heavy atom. The maximum Gasteiger partial charge on any atom is 0.254 e. The van der Waals surface area contributed by atoms with Crippen LogP contribution in [-0.2, 0) is 11.3 Å². The third-order valence-corrected chi connectivity index (χ3v) is 5.64. The largest absolute Gasteiger partial charge is 0.354 e. The second-order valence-electron chi connectivity index (χ2n) is 7.59. The van der Waals surface area contributed by atoms with Gasteiger partial charge in [0.05, 0.1) is 0 Å². The molecule has 1 aromatic heterocycles. The minimum absolute atomic E-state index is 0.0358. The van der Waals surface area contributed by atoms with Crippen LogP contribution in [0.1, 0.15) is 36.0 Å². The Morgan fingerprint density at radius 3 is 2.62 bits per heavy atom. The lowest BCUT2D eigenvalue weighted by Crippen LogP contribution is -2.52. The summed E-state index contributed by atoms with van der Waals surface area (Å²) in [4.78, 5) is 27.4. The van der Waals surface area contributed by atoms with Gasteiger partial charge in [-0.1, -0.05) is 36.4 Å². The van der Waals surface area contributed by atoms with E-state index in [0.29, 0.717) is 18.7 Å². The van der Waals surface area contributed by atoms with Crippen molar-refractivity contribution in [3.63, 3.8) is 0 Å². The van der Waals surface area contributed by atoms with E-state index in [4.69, 9.17) is 0 Å². The van der Waals surface area contributed by atoms with Crippen molar-refractivity contribution in [2.45, 2.75) is 38.3 Å². The third kappa shape index (κ3) is 4.34. The van der Waals surface area contributed by atoms with E-state index in [1.54, 1.807) is 4.90 Å². The summed E-state index contributed by atoms with van der Waals surface area (Å²) in [6, 6.07) is 19.3. The monoisotopic (exact) mass is 389 g/mol. The van der Waals surface area contributed by atoms with Crippen LogP contribution < -0.4 is 5.32 Å². The summed E-state index contributed by atoms with van der Waals surface area (Å²) >= 11 is 0. The Labute approximate surface area is 171 Å². The second kappa shape index (κ2) is 8.95. The Kier molecular flexibility index (Phi) is 5.94. The minimum Gasteiger partial charge on any atom is -0.354 e. The van der Waals surface area contributed by atoms with Crippen LogP contribution in [0.3, 0.4) is 0 Å². The van der Waals surface area contributed by atoms with E-state index < -0.39 is 0 Å². The van der Waals surface area contributed by atoms with Crippen molar-refractivity contribution in [1.29, 1.82) is 0 Å². The lowest BCUT2D eigenvalue weighted by atomic mass is 10.00. The van der Waals surface area contributed by atoms with E-state index in [1.165, 1.54) is 10.9 Å². The molecule has 0 saturated carbocycles. The van der Waals surface area contributed by atoms with E-state index >= 15 is 0 Å². The van der Waals surface area contributed by atoms with Crippen LogP contribution in [0.4, 0.5) is 0 Å². The predicted molar refractivity (Wildman–Crippen MR) is 115 cm³/mol. The van der Waals surface area contributed by atoms with Gasteiger partial charge in [-0.3, -0.25) is 9.59 Å². The van der Waals surface area contributed by atoms with Gasteiger partial charge in [0.1, 0.15) is 6.04 Å². The highest BCUT2D eigenvalue weighted by Crippen LogP contribution is 2.20. The van der Waals surface area contributed by atoms with E-state index in [2.05, 4.69) is 34.3 Å². The highest BCUT2D eigenvalue weighted by molar-refractivity contribution is 5.97. The molecule has 1 N–H and O–H groups in total. The SMILES string of the molecule is O=C(NCCCn1ccc2ccccc21)[C@@H]1CCCCN1C(=O)c1ccccc1. The molecule has 1 aliphatic heterocycles. The molecule has 3 aromatic rings. The molecule has 5 heteroatoms. The van der Waals surface area contributed by atoms with E-state index in [-0.39, 0.29) is 17.9 Å². The average molecular weight is 389 g/mol. The highest BCUT2D eigenvalue weighted by Gasteiger charge is 2.32. The normalized spacial score (nSPS) is 16.7. The molecule has 1 saturated heterocycles. The number of carbonyl (C=O) groups excluding carboxylic acids is 2. The van der Waals surface area contributed by atoms with Crippen molar-refractivity contribution in [2.75, 3.05) is 13.1 Å². The van der Waals surface area contributed by atoms with Crippen molar-refractivity contribution in [3.8, 4) is 0 Å². The number of nitrogens with one attached hydrogen (secondary N) is 1. The number of fused-ring (bicyclic) bond motifs is 1. The minimum atomic E-state index is -0.371. The molecule has 29 heavy (non-hydrogen) atoms. The first-order chi connectivity index (χ1) is 14.2. The number of amides is 2. The number of piperidine rings is 1. The molecule has 1 fully saturated rings. The number of benzene rings is 2. The Balaban J connectivity index is 1.32. The van der Waals surface area contributed by atoms with Gasteiger partial charge in [0.25, 0.3) is 5.91 Å². The van der Waals surface area contributed by atoms with E-state index in [9.17, 15) is 9.59 Å². The molecule has 5 nitrogen and oxygen atoms in total. The van der Waals surface area contributed by atoms with E-state index in [1.807, 2.05) is 42.5 Å². The van der Waals surface area contributed by atoms with E-state index in [0.717, 1.165) is 32.2 Å². The van der Waals surface area contributed by atoms with Crippen LogP contribution in [0.25, 0.3) is 10.9 Å². The van der Waals surface area contributed by atoms with Crippen LogP contribution in [0.15, 0.2) is 66.9 Å². The Hall–Kier alpha value is -3.08. The predicted octanol–water partition coefficient (Wildman–Crippen LogP) is 3.84. The molecule has 2 aromatic carbocycles. The summed E-state index contributed by atoms with van der Waals surface area (Å²) in [7, 11) is 0. The number of nitrogens with zero attached hydrogens (tertiary/aromatic N) is 2. The van der Waals surface area contributed by atoms with Crippen molar-refractivity contribution >= 4 is 22.7 Å². The molecule has 2 heterocycles. The number of aryl methyl sites for hydroxylation is 1. The first-order valence-corrected chi connectivity index (χ1v) is 10.4. The summed E-state index contributed by atoms with van der Waals surface area (Å²) < 4.78 is 2.22. The van der Waals surface area contributed by atoms with Crippen LogP contribution in [0, 0.1) is 0 Å². The Morgan fingerprint density at radius 2 is 1.76 bits per heavy atom. The van der Waals surface area contributed by atoms with Crippen LogP contribution >= 0.6 is 0 Å². The summed E-state index contributed by atoms with van der Waals surface area (Å²) in [6.45, 7) is 2.10. The highest BCUT2D eigenvalue weighted by atomic mass is 16.2. The first-order valence-electron chi connectivity index (χ1n) is 10.4. The number of para-hydroxylation sites is 1. The topological polar surface area (TPSA) is 54.3 Å². The third-order valence-electron chi connectivity index (χ3n) is 5.64. The Bertz CT molecular complexity index is 980. The van der Waals surface area contributed by atoms with Crippen molar-refractivity contribution < 1.29 is 9.59 Å². The fourth-order valence-electron chi connectivity index (χ4n) is 4.11. The number of carbonyl (C=O) groups is 2. The van der Waals surface area contributed by atoms with Gasteiger partial charge in [0.15, 0.2) is 0 Å². The van der Waals surface area contributed by atoms with Crippen molar-refractivity contribution in [3.05, 3.63) is 72.4 Å². The standard InChI is InChI=1S/C24H27N3O2/c28-23(25-15-8-16-26-18-14-19-9-4-5-12-21(19)26)22-13-6-7-17-27(22)24(29)20-10-2-1-3-11-20/h1-5,9-12,14,18,22H,6-8,13,15-17H2,(H,25,28)/t22-/m0/s1. The molecule has 1 atom stereocenters. The molecular weight excluding hydrogens is 362 g/mol. The first kappa shape index (κ1) is 19.2. The number of rotatable bonds is 6. The summed E-state index contributed by atoms with van der Waals surface area (Å²) in [5.41, 5.74) is 1.86.